The largest absolute Gasteiger partial charge is 0.295 e. The molecule has 2 aromatic rings. The fraction of sp³-hybridized carbons (Fsp3) is 0.333. The van der Waals surface area contributed by atoms with Gasteiger partial charge in [0.2, 0.25) is 0 Å². The molecule has 0 aliphatic rings. The van der Waals surface area contributed by atoms with E-state index in [0.29, 0.717) is 0 Å². The van der Waals surface area contributed by atoms with Crippen LogP contribution in [0.3, 0.4) is 0 Å². The van der Waals surface area contributed by atoms with Crippen LogP contribution in [-0.2, 0) is 13.1 Å². The van der Waals surface area contributed by atoms with Gasteiger partial charge in [0.1, 0.15) is 0 Å². The fourth-order valence-electron chi connectivity index (χ4n) is 1.58. The minimum atomic E-state index is 0.859. The molecule has 0 radical (unpaired) electrons. The maximum Gasteiger partial charge on any atom is 0.0897 e. The summed E-state index contributed by atoms with van der Waals surface area (Å²) in [6.45, 7) is 3.77. The molecule has 0 unspecified atom stereocenters. The van der Waals surface area contributed by atoms with E-state index in [1.165, 1.54) is 0 Å². The molecule has 2 heterocycles. The van der Waals surface area contributed by atoms with E-state index in [-0.39, 0.29) is 0 Å². The first-order valence-corrected chi connectivity index (χ1v) is 6.11. The molecule has 0 aromatic carbocycles. The lowest BCUT2D eigenvalue weighted by atomic mass is 10.3. The lowest BCUT2D eigenvalue weighted by molar-refractivity contribution is 0.312. The second kappa shape index (κ2) is 5.18. The molecule has 2 rings (SSSR count). The molecule has 0 atom stereocenters. The Morgan fingerprint density at radius 3 is 2.69 bits per heavy atom. The summed E-state index contributed by atoms with van der Waals surface area (Å²) in [5, 5.41) is 3.24. The topological polar surface area (TPSA) is 29.0 Å². The first-order chi connectivity index (χ1) is 7.74. The third-order valence-corrected chi connectivity index (χ3v) is 3.08. The molecule has 16 heavy (non-hydrogen) atoms. The van der Waals surface area contributed by atoms with Gasteiger partial charge in [-0.3, -0.25) is 9.88 Å². The molecule has 0 amide bonds. The van der Waals surface area contributed by atoms with Crippen molar-refractivity contribution in [3.8, 4) is 0 Å². The Bertz CT molecular complexity index is 439. The van der Waals surface area contributed by atoms with E-state index in [4.69, 9.17) is 0 Å². The van der Waals surface area contributed by atoms with Crippen molar-refractivity contribution in [2.45, 2.75) is 20.0 Å². The monoisotopic (exact) mass is 233 g/mol. The number of aromatic nitrogens is 2. The van der Waals surface area contributed by atoms with Crippen LogP contribution in [0.4, 0.5) is 0 Å². The number of hydrogen-bond acceptors (Lipinski definition) is 4. The van der Waals surface area contributed by atoms with Crippen LogP contribution in [-0.4, -0.2) is 21.9 Å². The Balaban J connectivity index is 1.92. The molecule has 0 saturated heterocycles. The minimum absolute atomic E-state index is 0.859. The molecule has 0 spiro atoms. The Morgan fingerprint density at radius 2 is 2.06 bits per heavy atom. The molecule has 0 aliphatic carbocycles. The number of rotatable bonds is 4. The van der Waals surface area contributed by atoms with Crippen molar-refractivity contribution in [3.63, 3.8) is 0 Å². The van der Waals surface area contributed by atoms with E-state index in [0.717, 1.165) is 29.5 Å². The van der Waals surface area contributed by atoms with Crippen LogP contribution < -0.4 is 0 Å². The van der Waals surface area contributed by atoms with E-state index in [1.54, 1.807) is 11.3 Å². The van der Waals surface area contributed by atoms with E-state index in [2.05, 4.69) is 27.3 Å². The predicted molar refractivity (Wildman–Crippen MR) is 66.3 cm³/mol. The second-order valence-electron chi connectivity index (χ2n) is 3.85. The van der Waals surface area contributed by atoms with Gasteiger partial charge in [-0.2, -0.15) is 0 Å². The summed E-state index contributed by atoms with van der Waals surface area (Å²) in [7, 11) is 2.09. The fourth-order valence-corrected chi connectivity index (χ4v) is 2.19. The summed E-state index contributed by atoms with van der Waals surface area (Å²) in [6, 6.07) is 6.00. The zero-order chi connectivity index (χ0) is 11.4. The highest BCUT2D eigenvalue weighted by Gasteiger charge is 2.04. The first-order valence-electron chi connectivity index (χ1n) is 5.23. The van der Waals surface area contributed by atoms with E-state index < -0.39 is 0 Å². The van der Waals surface area contributed by atoms with Gasteiger partial charge in [-0.05, 0) is 26.1 Å². The van der Waals surface area contributed by atoms with Crippen molar-refractivity contribution in [2.75, 3.05) is 7.05 Å². The normalized spacial score (nSPS) is 10.9. The molecular formula is C12H15N3S. The van der Waals surface area contributed by atoms with Gasteiger partial charge >= 0.3 is 0 Å². The maximum atomic E-state index is 4.45. The summed E-state index contributed by atoms with van der Waals surface area (Å²) in [5.74, 6) is 0. The van der Waals surface area contributed by atoms with Gasteiger partial charge in [0.15, 0.2) is 0 Å². The Kier molecular flexibility index (Phi) is 3.64. The van der Waals surface area contributed by atoms with Crippen LogP contribution in [0.5, 0.6) is 0 Å². The molecule has 84 valence electrons. The van der Waals surface area contributed by atoms with Crippen molar-refractivity contribution < 1.29 is 0 Å². The van der Waals surface area contributed by atoms with Gasteiger partial charge in [0, 0.05) is 24.7 Å². The smallest absolute Gasteiger partial charge is 0.0897 e. The zero-order valence-corrected chi connectivity index (χ0v) is 10.4. The number of aryl methyl sites for hydroxylation is 1. The Labute approximate surface area is 99.8 Å². The van der Waals surface area contributed by atoms with Crippen LogP contribution in [0, 0.1) is 6.92 Å². The average Bonchev–Trinajstić information content (AvgIpc) is 2.65. The Morgan fingerprint density at radius 1 is 1.25 bits per heavy atom. The highest BCUT2D eigenvalue weighted by Crippen LogP contribution is 2.10. The molecule has 0 bridgehead atoms. The quantitative estimate of drug-likeness (QED) is 0.812. The van der Waals surface area contributed by atoms with Crippen molar-refractivity contribution in [2.24, 2.45) is 0 Å². The lowest BCUT2D eigenvalue weighted by Crippen LogP contribution is -2.18. The summed E-state index contributed by atoms with van der Waals surface area (Å²) in [6.07, 6.45) is 1.83. The molecule has 0 aliphatic heterocycles. The summed E-state index contributed by atoms with van der Waals surface area (Å²) in [4.78, 5) is 11.0. The van der Waals surface area contributed by atoms with Gasteiger partial charge in [-0.25, -0.2) is 4.98 Å². The average molecular weight is 233 g/mol. The molecule has 0 N–H and O–H groups in total. The van der Waals surface area contributed by atoms with Gasteiger partial charge in [0.05, 0.1) is 16.4 Å². The Hall–Kier alpha value is -1.26. The van der Waals surface area contributed by atoms with E-state index >= 15 is 0 Å². The van der Waals surface area contributed by atoms with Crippen molar-refractivity contribution in [1.82, 2.24) is 14.9 Å². The molecule has 2 aromatic heterocycles. The SMILES string of the molecule is Cc1nc(CN(C)Cc2ccccn2)cs1. The van der Waals surface area contributed by atoms with Gasteiger partial charge in [-0.1, -0.05) is 6.07 Å². The molecule has 0 fully saturated rings. The third kappa shape index (κ3) is 3.12. The third-order valence-electron chi connectivity index (χ3n) is 2.26. The molecular weight excluding hydrogens is 218 g/mol. The molecule has 0 saturated carbocycles. The number of hydrogen-bond donors (Lipinski definition) is 0. The first kappa shape index (κ1) is 11.2. The van der Waals surface area contributed by atoms with E-state index in [1.807, 2.05) is 31.3 Å². The highest BCUT2D eigenvalue weighted by atomic mass is 32.1. The standard InChI is InChI=1S/C12H15N3S/c1-10-14-12(9-16-10)8-15(2)7-11-5-3-4-6-13-11/h3-6,9H,7-8H2,1-2H3. The van der Waals surface area contributed by atoms with Crippen LogP contribution in [0.25, 0.3) is 0 Å². The van der Waals surface area contributed by atoms with Crippen molar-refractivity contribution in [3.05, 3.63) is 46.2 Å². The number of nitrogens with zero attached hydrogens (tertiary/aromatic N) is 3. The number of pyridine rings is 1. The number of thiazole rings is 1. The van der Waals surface area contributed by atoms with Crippen molar-refractivity contribution >= 4 is 11.3 Å². The maximum absolute atomic E-state index is 4.45. The van der Waals surface area contributed by atoms with E-state index in [9.17, 15) is 0 Å². The van der Waals surface area contributed by atoms with Crippen LogP contribution in [0.1, 0.15) is 16.4 Å². The zero-order valence-electron chi connectivity index (χ0n) is 9.55. The van der Waals surface area contributed by atoms with Crippen LogP contribution in [0.2, 0.25) is 0 Å². The van der Waals surface area contributed by atoms with Crippen LogP contribution >= 0.6 is 11.3 Å². The lowest BCUT2D eigenvalue weighted by Gasteiger charge is -2.14. The van der Waals surface area contributed by atoms with Crippen LogP contribution in [0.15, 0.2) is 29.8 Å². The minimum Gasteiger partial charge on any atom is -0.295 e. The highest BCUT2D eigenvalue weighted by molar-refractivity contribution is 7.09. The predicted octanol–water partition coefficient (Wildman–Crippen LogP) is 2.48. The summed E-state index contributed by atoms with van der Waals surface area (Å²) in [5.41, 5.74) is 2.23. The second-order valence-corrected chi connectivity index (χ2v) is 4.91. The van der Waals surface area contributed by atoms with Gasteiger partial charge < -0.3 is 0 Å². The van der Waals surface area contributed by atoms with Gasteiger partial charge in [-0.15, -0.1) is 11.3 Å². The summed E-state index contributed by atoms with van der Waals surface area (Å²) >= 11 is 1.70. The molecule has 3 nitrogen and oxygen atoms in total. The molecule has 4 heteroatoms. The van der Waals surface area contributed by atoms with Gasteiger partial charge in [0.25, 0.3) is 0 Å². The van der Waals surface area contributed by atoms with Crippen molar-refractivity contribution in [1.29, 1.82) is 0 Å². The summed E-state index contributed by atoms with van der Waals surface area (Å²) < 4.78 is 0.